The van der Waals surface area contributed by atoms with Gasteiger partial charge < -0.3 is 9.47 Å². The van der Waals surface area contributed by atoms with Gasteiger partial charge in [0.05, 0.1) is 11.8 Å². The molecule has 0 radical (unpaired) electrons. The highest BCUT2D eigenvalue weighted by molar-refractivity contribution is 5.96. The van der Waals surface area contributed by atoms with Crippen molar-refractivity contribution in [3.63, 3.8) is 0 Å². The van der Waals surface area contributed by atoms with Crippen LogP contribution in [0.3, 0.4) is 0 Å². The lowest BCUT2D eigenvalue weighted by atomic mass is 9.83. The van der Waals surface area contributed by atoms with Crippen molar-refractivity contribution >= 4 is 22.7 Å². The molecule has 2 aliphatic carbocycles. The molecule has 0 spiro atoms. The largest absolute Gasteiger partial charge is 0.426 e. The lowest BCUT2D eigenvalue weighted by molar-refractivity contribution is -0.141. The van der Waals surface area contributed by atoms with Crippen LogP contribution in [-0.2, 0) is 9.59 Å². The fourth-order valence-electron chi connectivity index (χ4n) is 4.80. The van der Waals surface area contributed by atoms with E-state index in [1.807, 2.05) is 24.3 Å². The Morgan fingerprint density at radius 3 is 1.37 bits per heavy atom. The molecule has 2 aromatic rings. The third-order valence-corrected chi connectivity index (χ3v) is 6.96. The highest BCUT2D eigenvalue weighted by atomic mass is 16.5. The van der Waals surface area contributed by atoms with E-state index in [1.54, 1.807) is 12.1 Å². The zero-order valence-corrected chi connectivity index (χ0v) is 18.1. The molecular weight excluding hydrogens is 376 g/mol. The van der Waals surface area contributed by atoms with Crippen molar-refractivity contribution in [2.45, 2.75) is 65.2 Å². The van der Waals surface area contributed by atoms with Crippen molar-refractivity contribution in [2.75, 3.05) is 0 Å². The number of fused-ring (bicyclic) bond motifs is 1. The van der Waals surface area contributed by atoms with Crippen LogP contribution in [0.15, 0.2) is 36.4 Å². The summed E-state index contributed by atoms with van der Waals surface area (Å²) in [5, 5.41) is 1.61. The molecule has 2 fully saturated rings. The van der Waals surface area contributed by atoms with E-state index in [4.69, 9.17) is 9.47 Å². The number of esters is 2. The SMILES string of the molecule is CC1CCC(C(=O)Oc2ccc(OC(=O)C3CCC(C)CC3)c3ccccc23)CC1. The van der Waals surface area contributed by atoms with E-state index < -0.39 is 0 Å². The van der Waals surface area contributed by atoms with Gasteiger partial charge in [0.15, 0.2) is 0 Å². The van der Waals surface area contributed by atoms with E-state index in [0.29, 0.717) is 23.3 Å². The highest BCUT2D eigenvalue weighted by Crippen LogP contribution is 2.36. The van der Waals surface area contributed by atoms with Crippen LogP contribution in [0.25, 0.3) is 10.8 Å². The molecule has 4 heteroatoms. The number of carbonyl (C=O) groups excluding carboxylic acids is 2. The van der Waals surface area contributed by atoms with Crippen molar-refractivity contribution in [3.8, 4) is 11.5 Å². The smallest absolute Gasteiger partial charge is 0.314 e. The van der Waals surface area contributed by atoms with E-state index in [1.165, 1.54) is 0 Å². The quantitative estimate of drug-likeness (QED) is 0.440. The minimum atomic E-state index is -0.145. The molecule has 30 heavy (non-hydrogen) atoms. The lowest BCUT2D eigenvalue weighted by Crippen LogP contribution is -2.25. The summed E-state index contributed by atoms with van der Waals surface area (Å²) in [6.45, 7) is 4.48. The first-order chi connectivity index (χ1) is 14.5. The first-order valence-corrected chi connectivity index (χ1v) is 11.5. The van der Waals surface area contributed by atoms with Crippen molar-refractivity contribution in [1.29, 1.82) is 0 Å². The van der Waals surface area contributed by atoms with Crippen LogP contribution >= 0.6 is 0 Å². The second-order valence-corrected chi connectivity index (χ2v) is 9.36. The summed E-state index contributed by atoms with van der Waals surface area (Å²) >= 11 is 0. The number of hydrogen-bond acceptors (Lipinski definition) is 4. The maximum Gasteiger partial charge on any atom is 0.314 e. The molecule has 2 aliphatic rings. The van der Waals surface area contributed by atoms with E-state index in [-0.39, 0.29) is 23.8 Å². The van der Waals surface area contributed by atoms with Gasteiger partial charge in [0.1, 0.15) is 11.5 Å². The van der Waals surface area contributed by atoms with Gasteiger partial charge in [0.2, 0.25) is 0 Å². The molecule has 0 N–H and O–H groups in total. The van der Waals surface area contributed by atoms with Gasteiger partial charge in [-0.15, -0.1) is 0 Å². The molecule has 0 aromatic heterocycles. The van der Waals surface area contributed by atoms with E-state index in [2.05, 4.69) is 13.8 Å². The predicted molar refractivity (Wildman–Crippen MR) is 117 cm³/mol. The Bertz CT molecular complexity index is 828. The van der Waals surface area contributed by atoms with E-state index in [9.17, 15) is 9.59 Å². The van der Waals surface area contributed by atoms with Gasteiger partial charge in [-0.3, -0.25) is 9.59 Å². The second-order valence-electron chi connectivity index (χ2n) is 9.36. The van der Waals surface area contributed by atoms with Gasteiger partial charge in [-0.1, -0.05) is 38.1 Å². The standard InChI is InChI=1S/C26H32O4/c1-17-7-11-19(12-8-17)25(27)29-23-15-16-24(22-6-4-3-5-21(22)23)30-26(28)20-13-9-18(2)10-14-20/h3-6,15-20H,7-14H2,1-2H3. The Labute approximate surface area is 178 Å². The summed E-state index contributed by atoms with van der Waals surface area (Å²) in [6, 6.07) is 11.2. The summed E-state index contributed by atoms with van der Waals surface area (Å²) < 4.78 is 11.6. The molecule has 4 nitrogen and oxygen atoms in total. The molecular formula is C26H32O4. The van der Waals surface area contributed by atoms with Gasteiger partial charge in [-0.2, -0.15) is 0 Å². The van der Waals surface area contributed by atoms with Gasteiger partial charge in [-0.25, -0.2) is 0 Å². The topological polar surface area (TPSA) is 52.6 Å². The maximum atomic E-state index is 12.7. The maximum absolute atomic E-state index is 12.7. The highest BCUT2D eigenvalue weighted by Gasteiger charge is 2.28. The van der Waals surface area contributed by atoms with Gasteiger partial charge in [0, 0.05) is 10.8 Å². The van der Waals surface area contributed by atoms with Crippen LogP contribution in [0.4, 0.5) is 0 Å². The van der Waals surface area contributed by atoms with Crippen molar-refractivity contribution in [3.05, 3.63) is 36.4 Å². The molecule has 0 aliphatic heterocycles. The van der Waals surface area contributed by atoms with Gasteiger partial charge in [0.25, 0.3) is 0 Å². The van der Waals surface area contributed by atoms with Crippen LogP contribution < -0.4 is 9.47 Å². The molecule has 0 heterocycles. The number of ether oxygens (including phenoxy) is 2. The van der Waals surface area contributed by atoms with Crippen molar-refractivity contribution < 1.29 is 19.1 Å². The fourth-order valence-corrected chi connectivity index (χ4v) is 4.80. The Morgan fingerprint density at radius 2 is 1.00 bits per heavy atom. The van der Waals surface area contributed by atoms with Gasteiger partial charge >= 0.3 is 11.9 Å². The van der Waals surface area contributed by atoms with Crippen LogP contribution in [0.5, 0.6) is 11.5 Å². The van der Waals surface area contributed by atoms with Gasteiger partial charge in [-0.05, 0) is 75.3 Å². The van der Waals surface area contributed by atoms with Crippen LogP contribution in [0.2, 0.25) is 0 Å². The normalized spacial score (nSPS) is 26.9. The monoisotopic (exact) mass is 408 g/mol. The first kappa shape index (κ1) is 20.9. The molecule has 0 atom stereocenters. The average molecular weight is 409 g/mol. The van der Waals surface area contributed by atoms with Crippen molar-refractivity contribution in [1.82, 2.24) is 0 Å². The van der Waals surface area contributed by atoms with E-state index in [0.717, 1.165) is 62.1 Å². The Kier molecular flexibility index (Phi) is 6.40. The molecule has 2 aromatic carbocycles. The first-order valence-electron chi connectivity index (χ1n) is 11.5. The molecule has 2 saturated carbocycles. The Morgan fingerprint density at radius 1 is 0.633 bits per heavy atom. The summed E-state index contributed by atoms with van der Waals surface area (Å²) in [5.41, 5.74) is 0. The number of hydrogen-bond donors (Lipinski definition) is 0. The number of benzene rings is 2. The Balaban J connectivity index is 1.50. The summed E-state index contributed by atoms with van der Waals surface area (Å²) in [5.74, 6) is 2.13. The Hall–Kier alpha value is -2.36. The third kappa shape index (κ3) is 4.69. The van der Waals surface area contributed by atoms with Crippen LogP contribution in [-0.4, -0.2) is 11.9 Å². The third-order valence-electron chi connectivity index (χ3n) is 6.96. The molecule has 0 unspecified atom stereocenters. The lowest BCUT2D eigenvalue weighted by Gasteiger charge is -2.25. The van der Waals surface area contributed by atoms with Crippen LogP contribution in [0.1, 0.15) is 65.2 Å². The molecule has 4 rings (SSSR count). The average Bonchev–Trinajstić information content (AvgIpc) is 2.76. The van der Waals surface area contributed by atoms with Crippen LogP contribution in [0, 0.1) is 23.7 Å². The summed E-state index contributed by atoms with van der Waals surface area (Å²) in [4.78, 5) is 25.4. The van der Waals surface area contributed by atoms with Crippen molar-refractivity contribution in [2.24, 2.45) is 23.7 Å². The van der Waals surface area contributed by atoms with E-state index >= 15 is 0 Å². The zero-order chi connectivity index (χ0) is 21.1. The molecule has 0 bridgehead atoms. The number of rotatable bonds is 4. The summed E-state index contributed by atoms with van der Waals surface area (Å²) in [7, 11) is 0. The second kappa shape index (κ2) is 9.20. The molecule has 0 saturated heterocycles. The minimum Gasteiger partial charge on any atom is -0.426 e. The predicted octanol–water partition coefficient (Wildman–Crippen LogP) is 6.30. The minimum absolute atomic E-state index is 0.0221. The molecule has 160 valence electrons. The molecule has 0 amide bonds. The fraction of sp³-hybridized carbons (Fsp3) is 0.538. The summed E-state index contributed by atoms with van der Waals surface area (Å²) in [6.07, 6.45) is 7.90. The number of carbonyl (C=O) groups is 2. The zero-order valence-electron chi connectivity index (χ0n) is 18.1.